The van der Waals surface area contributed by atoms with Gasteiger partial charge in [-0.05, 0) is 18.9 Å². The molecule has 0 aliphatic carbocycles. The van der Waals surface area contributed by atoms with Crippen LogP contribution in [0.5, 0.6) is 0 Å². The first-order valence-electron chi connectivity index (χ1n) is 10.5. The largest absolute Gasteiger partial charge is 0.464 e. The van der Waals surface area contributed by atoms with Crippen LogP contribution in [0.25, 0.3) is 0 Å². The molecule has 0 unspecified atom stereocenters. The molecule has 1 amide bonds. The molecule has 0 fully saturated rings. The van der Waals surface area contributed by atoms with Gasteiger partial charge in [0.15, 0.2) is 0 Å². The fourth-order valence-electron chi connectivity index (χ4n) is 3.26. The van der Waals surface area contributed by atoms with Crippen molar-refractivity contribution in [1.82, 2.24) is 4.90 Å². The fraction of sp³-hybridized carbons (Fsp3) is 0.727. The molecule has 0 bridgehead atoms. The van der Waals surface area contributed by atoms with Crippen molar-refractivity contribution in [1.29, 1.82) is 0 Å². The summed E-state index contributed by atoms with van der Waals surface area (Å²) < 4.78 is 5.27. The number of nitrogens with zero attached hydrogens (tertiary/aromatic N) is 1. The Labute approximate surface area is 159 Å². The number of amides is 1. The van der Waals surface area contributed by atoms with Gasteiger partial charge in [0.05, 0.1) is 6.54 Å². The lowest BCUT2D eigenvalue weighted by Gasteiger charge is -2.26. The van der Waals surface area contributed by atoms with Gasteiger partial charge in [-0.2, -0.15) is 0 Å². The van der Waals surface area contributed by atoms with Crippen LogP contribution in [0.1, 0.15) is 90.4 Å². The number of esters is 1. The van der Waals surface area contributed by atoms with Gasteiger partial charge in [-0.1, -0.05) is 77.4 Å². The zero-order valence-corrected chi connectivity index (χ0v) is 16.6. The fourth-order valence-corrected chi connectivity index (χ4v) is 3.26. The Morgan fingerprint density at radius 3 is 2.35 bits per heavy atom. The molecule has 4 heteroatoms. The molecule has 1 aliphatic heterocycles. The maximum Gasteiger partial charge on any atom is 0.305 e. The molecule has 0 aromatic heterocycles. The Bertz CT molecular complexity index is 456. The Morgan fingerprint density at radius 2 is 1.73 bits per heavy atom. The van der Waals surface area contributed by atoms with E-state index in [1.54, 1.807) is 11.0 Å². The third kappa shape index (κ3) is 9.79. The second-order valence-electron chi connectivity index (χ2n) is 7.07. The molecule has 0 spiro atoms. The highest BCUT2D eigenvalue weighted by molar-refractivity contribution is 5.80. The first kappa shape index (κ1) is 22.5. The highest BCUT2D eigenvalue weighted by atomic mass is 16.5. The number of hydrogen-bond acceptors (Lipinski definition) is 3. The van der Waals surface area contributed by atoms with Gasteiger partial charge in [-0.25, -0.2) is 0 Å². The van der Waals surface area contributed by atoms with Crippen molar-refractivity contribution in [3.8, 4) is 0 Å². The summed E-state index contributed by atoms with van der Waals surface area (Å²) in [7, 11) is 0. The normalized spacial score (nSPS) is 14.3. The predicted octanol–water partition coefficient (Wildman–Crippen LogP) is 5.53. The lowest BCUT2D eigenvalue weighted by molar-refractivity contribution is -0.145. The molecule has 0 N–H and O–H groups in total. The maximum absolute atomic E-state index is 11.9. The lowest BCUT2D eigenvalue weighted by atomic mass is 10.1. The highest BCUT2D eigenvalue weighted by Gasteiger charge is 2.19. The van der Waals surface area contributed by atoms with Crippen LogP contribution in [0, 0.1) is 0 Å². The Kier molecular flexibility index (Phi) is 12.6. The van der Waals surface area contributed by atoms with Gasteiger partial charge in [0.25, 0.3) is 0 Å². The molecule has 0 saturated carbocycles. The number of allylic oxidation sites excluding steroid dienone is 2. The monoisotopic (exact) mass is 363 g/mol. The van der Waals surface area contributed by atoms with Crippen LogP contribution < -0.4 is 0 Å². The van der Waals surface area contributed by atoms with E-state index in [-0.39, 0.29) is 18.5 Å². The molecule has 1 heterocycles. The summed E-state index contributed by atoms with van der Waals surface area (Å²) in [5.74, 6) is -0.0775. The van der Waals surface area contributed by atoms with Crippen LogP contribution in [-0.2, 0) is 14.3 Å². The van der Waals surface area contributed by atoms with Gasteiger partial charge in [0, 0.05) is 18.5 Å². The van der Waals surface area contributed by atoms with E-state index < -0.39 is 0 Å². The Hall–Kier alpha value is -1.58. The van der Waals surface area contributed by atoms with Crippen LogP contribution in [0.3, 0.4) is 0 Å². The molecular weight excluding hydrogens is 326 g/mol. The van der Waals surface area contributed by atoms with Crippen molar-refractivity contribution in [2.24, 2.45) is 0 Å². The summed E-state index contributed by atoms with van der Waals surface area (Å²) in [6.45, 7) is 6.65. The molecular formula is C22H37NO3. The lowest BCUT2D eigenvalue weighted by Crippen LogP contribution is -2.35. The second-order valence-corrected chi connectivity index (χ2v) is 7.07. The van der Waals surface area contributed by atoms with Crippen LogP contribution in [0.4, 0.5) is 0 Å². The molecule has 0 saturated heterocycles. The zero-order chi connectivity index (χ0) is 19.0. The topological polar surface area (TPSA) is 46.6 Å². The van der Waals surface area contributed by atoms with E-state index in [0.717, 1.165) is 25.0 Å². The Balaban J connectivity index is 1.98. The maximum atomic E-state index is 11.9. The number of carbonyl (C=O) groups is 2. The van der Waals surface area contributed by atoms with Gasteiger partial charge >= 0.3 is 5.97 Å². The van der Waals surface area contributed by atoms with Crippen molar-refractivity contribution >= 4 is 11.9 Å². The van der Waals surface area contributed by atoms with Crippen molar-refractivity contribution < 1.29 is 14.3 Å². The first-order valence-corrected chi connectivity index (χ1v) is 10.5. The number of hydrogen-bond donors (Lipinski definition) is 0. The highest BCUT2D eigenvalue weighted by Crippen LogP contribution is 2.16. The van der Waals surface area contributed by atoms with Crippen molar-refractivity contribution in [3.05, 3.63) is 24.4 Å². The van der Waals surface area contributed by atoms with Crippen molar-refractivity contribution in [2.45, 2.75) is 90.4 Å². The molecule has 0 atom stereocenters. The summed E-state index contributed by atoms with van der Waals surface area (Å²) in [4.78, 5) is 25.4. The van der Waals surface area contributed by atoms with Crippen LogP contribution >= 0.6 is 0 Å². The van der Waals surface area contributed by atoms with Gasteiger partial charge in [0.1, 0.15) is 6.61 Å². The standard InChI is InChI=1S/C22H37NO3/c1-3-5-6-7-8-9-10-11-12-13-17-22(25)26-19-18-23-20(4-2)15-14-16-21(23)24/h4,15H,2-3,5-14,16-19H2,1H3. The molecule has 1 rings (SSSR count). The number of unbranched alkanes of at least 4 members (excludes halogenated alkanes) is 9. The first-order chi connectivity index (χ1) is 12.7. The summed E-state index contributed by atoms with van der Waals surface area (Å²) in [5, 5.41) is 0. The van der Waals surface area contributed by atoms with Crippen LogP contribution in [0.2, 0.25) is 0 Å². The zero-order valence-electron chi connectivity index (χ0n) is 16.6. The average Bonchev–Trinajstić information content (AvgIpc) is 2.64. The van der Waals surface area contributed by atoms with Gasteiger partial charge in [-0.3, -0.25) is 9.59 Å². The minimum Gasteiger partial charge on any atom is -0.464 e. The van der Waals surface area contributed by atoms with Crippen LogP contribution in [-0.4, -0.2) is 29.9 Å². The van der Waals surface area contributed by atoms with E-state index in [1.807, 2.05) is 6.08 Å². The summed E-state index contributed by atoms with van der Waals surface area (Å²) in [6, 6.07) is 0. The van der Waals surface area contributed by atoms with Gasteiger partial charge in [0.2, 0.25) is 5.91 Å². The Morgan fingerprint density at radius 1 is 1.12 bits per heavy atom. The number of ether oxygens (including phenoxy) is 1. The third-order valence-electron chi connectivity index (χ3n) is 4.85. The van der Waals surface area contributed by atoms with E-state index in [1.165, 1.54) is 51.4 Å². The molecule has 26 heavy (non-hydrogen) atoms. The van der Waals surface area contributed by atoms with Crippen molar-refractivity contribution in [2.75, 3.05) is 13.2 Å². The average molecular weight is 364 g/mol. The van der Waals surface area contributed by atoms with E-state index in [2.05, 4.69) is 13.5 Å². The molecule has 0 aromatic rings. The second kappa shape index (κ2) is 14.6. The molecule has 0 radical (unpaired) electrons. The van der Waals surface area contributed by atoms with E-state index >= 15 is 0 Å². The quantitative estimate of drug-likeness (QED) is 0.284. The van der Waals surface area contributed by atoms with Crippen LogP contribution in [0.15, 0.2) is 24.4 Å². The molecule has 148 valence electrons. The van der Waals surface area contributed by atoms with Crippen molar-refractivity contribution in [3.63, 3.8) is 0 Å². The molecule has 0 aromatic carbocycles. The van der Waals surface area contributed by atoms with E-state index in [9.17, 15) is 9.59 Å². The van der Waals surface area contributed by atoms with Gasteiger partial charge < -0.3 is 9.64 Å². The molecule has 1 aliphatic rings. The SMILES string of the molecule is C=CC1=CCCC(=O)N1CCOC(=O)CCCCCCCCCCCC. The summed E-state index contributed by atoms with van der Waals surface area (Å²) in [6.07, 6.45) is 18.0. The minimum atomic E-state index is -0.154. The smallest absolute Gasteiger partial charge is 0.305 e. The number of carbonyl (C=O) groups excluding carboxylic acids is 2. The predicted molar refractivity (Wildman–Crippen MR) is 107 cm³/mol. The molecule has 4 nitrogen and oxygen atoms in total. The number of rotatable bonds is 15. The summed E-state index contributed by atoms with van der Waals surface area (Å²) in [5.41, 5.74) is 0.826. The van der Waals surface area contributed by atoms with Gasteiger partial charge in [-0.15, -0.1) is 0 Å². The van der Waals surface area contributed by atoms with E-state index in [4.69, 9.17) is 4.74 Å². The minimum absolute atomic E-state index is 0.0770. The summed E-state index contributed by atoms with van der Waals surface area (Å²) >= 11 is 0. The third-order valence-corrected chi connectivity index (χ3v) is 4.85. The van der Waals surface area contributed by atoms with E-state index in [0.29, 0.717) is 19.4 Å².